The smallest absolute Gasteiger partial charge is 0.236 e. The Morgan fingerprint density at radius 3 is 2.96 bits per heavy atom. The second-order valence-electron chi connectivity index (χ2n) is 6.58. The van der Waals surface area contributed by atoms with Gasteiger partial charge < -0.3 is 9.84 Å². The predicted octanol–water partition coefficient (Wildman–Crippen LogP) is 3.83. The molecule has 1 aliphatic heterocycles. The van der Waals surface area contributed by atoms with Gasteiger partial charge in [-0.25, -0.2) is 0 Å². The van der Waals surface area contributed by atoms with Gasteiger partial charge in [-0.1, -0.05) is 29.4 Å². The molecule has 1 aliphatic rings. The Bertz CT molecular complexity index is 922. The van der Waals surface area contributed by atoms with Crippen LogP contribution < -0.4 is 5.32 Å². The Morgan fingerprint density at radius 2 is 2.08 bits per heavy atom. The molecular weight excluding hydrogens is 344 g/mol. The zero-order chi connectivity index (χ0) is 17.9. The molecule has 6 heteroatoms. The van der Waals surface area contributed by atoms with Gasteiger partial charge in [0.25, 0.3) is 0 Å². The Balaban J connectivity index is 1.49. The molecule has 0 amide bonds. The molecule has 3 heterocycles. The lowest BCUT2D eigenvalue weighted by Crippen LogP contribution is -2.24. The van der Waals surface area contributed by atoms with Crippen LogP contribution >= 0.6 is 11.8 Å². The standard InChI is InChI=1S/C20H22N4OS/c1-13-5-3-4-6-15(13)11-26-12-18-23-20(24-25-18)19-14(2)22-10-16-9-21-8-7-17(16)19/h3-6,10,21H,7-9,11-12H2,1-2H3. The zero-order valence-corrected chi connectivity index (χ0v) is 15.9. The van der Waals surface area contributed by atoms with Crippen molar-refractivity contribution in [2.75, 3.05) is 6.54 Å². The molecule has 26 heavy (non-hydrogen) atoms. The highest BCUT2D eigenvalue weighted by molar-refractivity contribution is 7.97. The molecule has 0 spiro atoms. The molecular formula is C20H22N4OS. The van der Waals surface area contributed by atoms with E-state index in [4.69, 9.17) is 4.52 Å². The van der Waals surface area contributed by atoms with E-state index in [1.54, 1.807) is 11.8 Å². The fourth-order valence-corrected chi connectivity index (χ4v) is 4.24. The molecule has 134 valence electrons. The fourth-order valence-electron chi connectivity index (χ4n) is 3.30. The highest BCUT2D eigenvalue weighted by Crippen LogP contribution is 2.29. The molecule has 1 aromatic carbocycles. The maximum Gasteiger partial charge on any atom is 0.236 e. The van der Waals surface area contributed by atoms with Gasteiger partial charge in [-0.15, -0.1) is 11.8 Å². The zero-order valence-electron chi connectivity index (χ0n) is 15.1. The molecule has 0 saturated heterocycles. The van der Waals surface area contributed by atoms with Gasteiger partial charge in [0, 0.05) is 29.8 Å². The molecule has 1 N–H and O–H groups in total. The minimum absolute atomic E-state index is 0.667. The van der Waals surface area contributed by atoms with E-state index in [9.17, 15) is 0 Å². The van der Waals surface area contributed by atoms with Crippen LogP contribution in [-0.2, 0) is 24.5 Å². The van der Waals surface area contributed by atoms with Crippen molar-refractivity contribution in [3.8, 4) is 11.4 Å². The van der Waals surface area contributed by atoms with Gasteiger partial charge in [-0.05, 0) is 49.1 Å². The highest BCUT2D eigenvalue weighted by Gasteiger charge is 2.20. The molecule has 0 radical (unpaired) electrons. The van der Waals surface area contributed by atoms with E-state index in [2.05, 4.69) is 51.6 Å². The quantitative estimate of drug-likeness (QED) is 0.740. The number of rotatable bonds is 5. The van der Waals surface area contributed by atoms with Crippen molar-refractivity contribution in [3.05, 3.63) is 64.3 Å². The third-order valence-electron chi connectivity index (χ3n) is 4.77. The summed E-state index contributed by atoms with van der Waals surface area (Å²) in [5, 5.41) is 7.62. The molecule has 5 nitrogen and oxygen atoms in total. The molecule has 0 aliphatic carbocycles. The van der Waals surface area contributed by atoms with E-state index in [1.807, 2.05) is 13.1 Å². The maximum absolute atomic E-state index is 5.51. The van der Waals surface area contributed by atoms with E-state index in [0.717, 1.165) is 36.5 Å². The van der Waals surface area contributed by atoms with E-state index < -0.39 is 0 Å². The van der Waals surface area contributed by atoms with Crippen LogP contribution in [-0.4, -0.2) is 21.7 Å². The number of nitrogens with zero attached hydrogens (tertiary/aromatic N) is 3. The van der Waals surface area contributed by atoms with Crippen molar-refractivity contribution >= 4 is 11.8 Å². The first-order valence-corrected chi connectivity index (χ1v) is 10.0. The van der Waals surface area contributed by atoms with Crippen LogP contribution in [0.2, 0.25) is 0 Å². The molecule has 3 aromatic rings. The van der Waals surface area contributed by atoms with Crippen molar-refractivity contribution in [1.82, 2.24) is 20.4 Å². The van der Waals surface area contributed by atoms with Gasteiger partial charge in [0.1, 0.15) is 0 Å². The van der Waals surface area contributed by atoms with Crippen LogP contribution in [0.3, 0.4) is 0 Å². The number of aromatic nitrogens is 3. The van der Waals surface area contributed by atoms with E-state index in [0.29, 0.717) is 17.5 Å². The molecule has 0 fully saturated rings. The number of hydrogen-bond donors (Lipinski definition) is 1. The Kier molecular flexibility index (Phi) is 5.04. The van der Waals surface area contributed by atoms with Gasteiger partial charge in [0.15, 0.2) is 0 Å². The normalized spacial score (nSPS) is 13.6. The number of pyridine rings is 1. The van der Waals surface area contributed by atoms with Crippen molar-refractivity contribution < 1.29 is 4.52 Å². The Labute approximate surface area is 157 Å². The summed E-state index contributed by atoms with van der Waals surface area (Å²) in [6.07, 6.45) is 2.93. The topological polar surface area (TPSA) is 63.8 Å². The van der Waals surface area contributed by atoms with Crippen molar-refractivity contribution in [2.45, 2.75) is 38.3 Å². The number of aryl methyl sites for hydroxylation is 2. The Hall–Kier alpha value is -2.18. The molecule has 0 bridgehead atoms. The largest absolute Gasteiger partial charge is 0.338 e. The SMILES string of the molecule is Cc1ccccc1CSCc1nc(-c2c(C)ncc3c2CCNC3)no1. The van der Waals surface area contributed by atoms with E-state index in [1.165, 1.54) is 22.3 Å². The van der Waals surface area contributed by atoms with Crippen LogP contribution in [0.25, 0.3) is 11.4 Å². The monoisotopic (exact) mass is 366 g/mol. The summed E-state index contributed by atoms with van der Waals surface area (Å²) in [6.45, 7) is 5.98. The summed E-state index contributed by atoms with van der Waals surface area (Å²) in [4.78, 5) is 9.17. The average Bonchev–Trinajstić information content (AvgIpc) is 3.11. The van der Waals surface area contributed by atoms with Crippen molar-refractivity contribution in [2.24, 2.45) is 0 Å². The first-order chi connectivity index (χ1) is 12.7. The summed E-state index contributed by atoms with van der Waals surface area (Å²) >= 11 is 1.79. The lowest BCUT2D eigenvalue weighted by Gasteiger charge is -2.19. The van der Waals surface area contributed by atoms with E-state index >= 15 is 0 Å². The van der Waals surface area contributed by atoms with Crippen molar-refractivity contribution in [1.29, 1.82) is 0 Å². The van der Waals surface area contributed by atoms with Crippen LogP contribution in [0, 0.1) is 13.8 Å². The van der Waals surface area contributed by atoms with Gasteiger partial charge in [-0.3, -0.25) is 4.98 Å². The van der Waals surface area contributed by atoms with Crippen LogP contribution in [0.4, 0.5) is 0 Å². The first-order valence-electron chi connectivity index (χ1n) is 8.85. The summed E-state index contributed by atoms with van der Waals surface area (Å²) in [7, 11) is 0. The third kappa shape index (κ3) is 3.52. The van der Waals surface area contributed by atoms with Crippen LogP contribution in [0.1, 0.15) is 33.8 Å². The van der Waals surface area contributed by atoms with Crippen LogP contribution in [0.15, 0.2) is 35.0 Å². The average molecular weight is 366 g/mol. The molecule has 4 rings (SSSR count). The number of nitrogens with one attached hydrogen (secondary N) is 1. The Morgan fingerprint density at radius 1 is 1.19 bits per heavy atom. The van der Waals surface area contributed by atoms with E-state index in [-0.39, 0.29) is 0 Å². The highest BCUT2D eigenvalue weighted by atomic mass is 32.2. The number of thioether (sulfide) groups is 1. The second-order valence-corrected chi connectivity index (χ2v) is 7.57. The number of hydrogen-bond acceptors (Lipinski definition) is 6. The summed E-state index contributed by atoms with van der Waals surface area (Å²) in [6, 6.07) is 8.46. The second kappa shape index (κ2) is 7.60. The van der Waals surface area contributed by atoms with Gasteiger partial charge in [0.05, 0.1) is 5.75 Å². The molecule has 2 aromatic heterocycles. The summed E-state index contributed by atoms with van der Waals surface area (Å²) in [5.41, 5.74) is 7.21. The lowest BCUT2D eigenvalue weighted by atomic mass is 9.95. The molecule has 0 atom stereocenters. The van der Waals surface area contributed by atoms with Gasteiger partial charge in [-0.2, -0.15) is 4.98 Å². The first kappa shape index (κ1) is 17.2. The van der Waals surface area contributed by atoms with Crippen molar-refractivity contribution in [3.63, 3.8) is 0 Å². The fraction of sp³-hybridized carbons (Fsp3) is 0.350. The molecule has 0 saturated carbocycles. The number of benzene rings is 1. The minimum Gasteiger partial charge on any atom is -0.338 e. The predicted molar refractivity (Wildman–Crippen MR) is 104 cm³/mol. The number of fused-ring (bicyclic) bond motifs is 1. The van der Waals surface area contributed by atoms with Gasteiger partial charge in [0.2, 0.25) is 11.7 Å². The van der Waals surface area contributed by atoms with Gasteiger partial charge >= 0.3 is 0 Å². The summed E-state index contributed by atoms with van der Waals surface area (Å²) < 4.78 is 5.51. The summed E-state index contributed by atoms with van der Waals surface area (Å²) in [5.74, 6) is 2.99. The minimum atomic E-state index is 0.667. The lowest BCUT2D eigenvalue weighted by molar-refractivity contribution is 0.391. The third-order valence-corrected chi connectivity index (χ3v) is 5.73. The molecule has 0 unspecified atom stereocenters. The van der Waals surface area contributed by atoms with Crippen LogP contribution in [0.5, 0.6) is 0 Å². The maximum atomic E-state index is 5.51.